The average Bonchev–Trinajstić information content (AvgIpc) is 2.46. The maximum atomic E-state index is 8.99. The van der Waals surface area contributed by atoms with Crippen LogP contribution in [0.5, 0.6) is 0 Å². The summed E-state index contributed by atoms with van der Waals surface area (Å²) in [5, 5.41) is 8.99. The Morgan fingerprint density at radius 1 is 1.25 bits per heavy atom. The van der Waals surface area contributed by atoms with Crippen LogP contribution in [0.2, 0.25) is 0 Å². The Morgan fingerprint density at radius 2 is 1.95 bits per heavy atom. The minimum Gasteiger partial charge on any atom is -0.399 e. The number of hydrogen-bond donors (Lipinski definition) is 1. The molecule has 0 aliphatic carbocycles. The van der Waals surface area contributed by atoms with E-state index < -0.39 is 0 Å². The molecule has 0 aliphatic heterocycles. The fourth-order valence-corrected chi connectivity index (χ4v) is 1.92. The van der Waals surface area contributed by atoms with Crippen LogP contribution >= 0.6 is 0 Å². The van der Waals surface area contributed by atoms with Gasteiger partial charge in [-0.1, -0.05) is 12.1 Å². The first-order valence-electron chi connectivity index (χ1n) is 6.47. The third kappa shape index (κ3) is 3.23. The highest BCUT2D eigenvalue weighted by atomic mass is 15.2. The van der Waals surface area contributed by atoms with Crippen molar-refractivity contribution in [3.63, 3.8) is 0 Å². The second kappa shape index (κ2) is 6.02. The van der Waals surface area contributed by atoms with E-state index in [-0.39, 0.29) is 0 Å². The van der Waals surface area contributed by atoms with Crippen LogP contribution in [0.15, 0.2) is 30.3 Å². The van der Waals surface area contributed by atoms with Crippen molar-refractivity contribution in [1.29, 1.82) is 5.26 Å². The molecule has 0 radical (unpaired) electrons. The number of nitrogens with two attached hydrogens (primary N) is 1. The summed E-state index contributed by atoms with van der Waals surface area (Å²) in [6.45, 7) is 5.35. The molecule has 0 saturated heterocycles. The van der Waals surface area contributed by atoms with Crippen molar-refractivity contribution >= 4 is 11.6 Å². The molecule has 5 heteroatoms. The van der Waals surface area contributed by atoms with E-state index in [0.29, 0.717) is 18.2 Å². The van der Waals surface area contributed by atoms with Gasteiger partial charge in [-0.25, -0.2) is 9.97 Å². The normalized spacial score (nSPS) is 10.1. The van der Waals surface area contributed by atoms with Crippen LogP contribution in [0.3, 0.4) is 0 Å². The van der Waals surface area contributed by atoms with Gasteiger partial charge in [0.1, 0.15) is 11.8 Å². The van der Waals surface area contributed by atoms with Crippen molar-refractivity contribution in [3.8, 4) is 6.07 Å². The Kier molecular flexibility index (Phi) is 4.16. The zero-order valence-corrected chi connectivity index (χ0v) is 11.7. The molecule has 20 heavy (non-hydrogen) atoms. The summed E-state index contributed by atoms with van der Waals surface area (Å²) in [6, 6.07) is 11.5. The summed E-state index contributed by atoms with van der Waals surface area (Å²) in [5.74, 6) is 0.584. The second-order valence-corrected chi connectivity index (χ2v) is 4.56. The van der Waals surface area contributed by atoms with Gasteiger partial charge in [0.25, 0.3) is 0 Å². The third-order valence-electron chi connectivity index (χ3n) is 2.97. The number of aromatic nitrogens is 2. The van der Waals surface area contributed by atoms with Gasteiger partial charge in [0.05, 0.1) is 0 Å². The van der Waals surface area contributed by atoms with E-state index in [1.807, 2.05) is 43.0 Å². The largest absolute Gasteiger partial charge is 0.399 e. The molecule has 0 saturated carbocycles. The van der Waals surface area contributed by atoms with Gasteiger partial charge in [0, 0.05) is 24.5 Å². The van der Waals surface area contributed by atoms with Gasteiger partial charge in [-0.2, -0.15) is 5.26 Å². The third-order valence-corrected chi connectivity index (χ3v) is 2.97. The Hall–Kier alpha value is -2.61. The Bertz CT molecular complexity index is 628. The molecule has 1 aromatic heterocycles. The van der Waals surface area contributed by atoms with Crippen molar-refractivity contribution in [2.75, 3.05) is 17.2 Å². The van der Waals surface area contributed by atoms with Crippen LogP contribution in [0.1, 0.15) is 23.9 Å². The number of anilines is 2. The highest BCUT2D eigenvalue weighted by Gasteiger charge is 2.10. The zero-order chi connectivity index (χ0) is 14.5. The molecule has 5 nitrogen and oxygen atoms in total. The molecular formula is C15H17N5. The standard InChI is InChI=1S/C15H17N5/c1-3-20(10-12-4-6-13(17)7-5-12)15-18-11(2)8-14(9-16)19-15/h4-8H,3,10,17H2,1-2H3. The molecule has 0 aliphatic rings. The molecular weight excluding hydrogens is 250 g/mol. The number of benzene rings is 1. The predicted molar refractivity (Wildman–Crippen MR) is 79.1 cm³/mol. The van der Waals surface area contributed by atoms with Gasteiger partial charge < -0.3 is 10.6 Å². The van der Waals surface area contributed by atoms with Crippen LogP contribution in [-0.2, 0) is 6.54 Å². The van der Waals surface area contributed by atoms with Crippen LogP contribution in [0.25, 0.3) is 0 Å². The summed E-state index contributed by atoms with van der Waals surface area (Å²) < 4.78 is 0. The Morgan fingerprint density at radius 3 is 2.55 bits per heavy atom. The number of hydrogen-bond acceptors (Lipinski definition) is 5. The van der Waals surface area contributed by atoms with E-state index in [1.165, 1.54) is 0 Å². The molecule has 0 amide bonds. The lowest BCUT2D eigenvalue weighted by Gasteiger charge is -2.21. The lowest BCUT2D eigenvalue weighted by Crippen LogP contribution is -2.24. The molecule has 2 aromatic rings. The number of rotatable bonds is 4. The first kappa shape index (κ1) is 13.8. The fraction of sp³-hybridized carbons (Fsp3) is 0.267. The van der Waals surface area contributed by atoms with Crippen LogP contribution < -0.4 is 10.6 Å². The average molecular weight is 267 g/mol. The van der Waals surface area contributed by atoms with E-state index in [1.54, 1.807) is 6.07 Å². The first-order chi connectivity index (χ1) is 9.62. The highest BCUT2D eigenvalue weighted by molar-refractivity contribution is 5.42. The monoisotopic (exact) mass is 267 g/mol. The Balaban J connectivity index is 2.26. The molecule has 2 N–H and O–H groups in total. The van der Waals surface area contributed by atoms with E-state index in [0.717, 1.165) is 23.5 Å². The van der Waals surface area contributed by atoms with E-state index in [4.69, 9.17) is 11.0 Å². The van der Waals surface area contributed by atoms with Gasteiger partial charge in [-0.05, 0) is 37.6 Å². The van der Waals surface area contributed by atoms with Gasteiger partial charge in [-0.3, -0.25) is 0 Å². The summed E-state index contributed by atoms with van der Waals surface area (Å²) in [7, 11) is 0. The van der Waals surface area contributed by atoms with Crippen LogP contribution in [0, 0.1) is 18.3 Å². The molecule has 0 atom stereocenters. The predicted octanol–water partition coefficient (Wildman–Crippen LogP) is 2.27. The van der Waals surface area contributed by atoms with Gasteiger partial charge in [0.2, 0.25) is 5.95 Å². The fourth-order valence-electron chi connectivity index (χ4n) is 1.92. The topological polar surface area (TPSA) is 78.8 Å². The maximum Gasteiger partial charge on any atom is 0.227 e. The smallest absolute Gasteiger partial charge is 0.227 e. The van der Waals surface area contributed by atoms with Crippen molar-refractivity contribution in [1.82, 2.24) is 9.97 Å². The lowest BCUT2D eigenvalue weighted by atomic mass is 10.2. The number of aryl methyl sites for hydroxylation is 1. The van der Waals surface area contributed by atoms with Crippen molar-refractivity contribution < 1.29 is 0 Å². The SMILES string of the molecule is CCN(Cc1ccc(N)cc1)c1nc(C)cc(C#N)n1. The zero-order valence-electron chi connectivity index (χ0n) is 11.7. The lowest BCUT2D eigenvalue weighted by molar-refractivity contribution is 0.786. The summed E-state index contributed by atoms with van der Waals surface area (Å²) in [4.78, 5) is 10.7. The van der Waals surface area contributed by atoms with E-state index in [9.17, 15) is 0 Å². The molecule has 0 bridgehead atoms. The maximum absolute atomic E-state index is 8.99. The van der Waals surface area contributed by atoms with Gasteiger partial charge in [-0.15, -0.1) is 0 Å². The van der Waals surface area contributed by atoms with Gasteiger partial charge >= 0.3 is 0 Å². The molecule has 1 aromatic carbocycles. The minimum absolute atomic E-state index is 0.392. The Labute approximate surface area is 118 Å². The number of nitriles is 1. The first-order valence-corrected chi connectivity index (χ1v) is 6.47. The summed E-state index contributed by atoms with van der Waals surface area (Å²) >= 11 is 0. The van der Waals surface area contributed by atoms with Crippen LogP contribution in [-0.4, -0.2) is 16.5 Å². The van der Waals surface area contributed by atoms with E-state index in [2.05, 4.69) is 16.0 Å². The summed E-state index contributed by atoms with van der Waals surface area (Å²) in [5.41, 5.74) is 8.75. The van der Waals surface area contributed by atoms with Crippen LogP contribution in [0.4, 0.5) is 11.6 Å². The molecule has 1 heterocycles. The quantitative estimate of drug-likeness (QED) is 0.860. The number of nitrogen functional groups attached to an aromatic ring is 1. The molecule has 0 spiro atoms. The molecule has 0 unspecified atom stereocenters. The molecule has 0 fully saturated rings. The van der Waals surface area contributed by atoms with Crippen molar-refractivity contribution in [3.05, 3.63) is 47.3 Å². The molecule has 102 valence electrons. The minimum atomic E-state index is 0.392. The highest BCUT2D eigenvalue weighted by Crippen LogP contribution is 2.14. The second-order valence-electron chi connectivity index (χ2n) is 4.56. The van der Waals surface area contributed by atoms with E-state index >= 15 is 0 Å². The summed E-state index contributed by atoms with van der Waals surface area (Å²) in [6.07, 6.45) is 0. The van der Waals surface area contributed by atoms with Gasteiger partial charge in [0.15, 0.2) is 0 Å². The van der Waals surface area contributed by atoms with Crippen molar-refractivity contribution in [2.45, 2.75) is 20.4 Å². The molecule has 2 rings (SSSR count). The van der Waals surface area contributed by atoms with Crippen molar-refractivity contribution in [2.24, 2.45) is 0 Å². The number of nitrogens with zero attached hydrogens (tertiary/aromatic N) is 4.